The lowest BCUT2D eigenvalue weighted by Crippen LogP contribution is -2.44. The van der Waals surface area contributed by atoms with Crippen LogP contribution in [0.15, 0.2) is 28.7 Å². The van der Waals surface area contributed by atoms with E-state index in [4.69, 9.17) is 0 Å². The van der Waals surface area contributed by atoms with Gasteiger partial charge in [0.05, 0.1) is 0 Å². The molecule has 0 aromatic heterocycles. The molecule has 0 atom stereocenters. The average Bonchev–Trinajstić information content (AvgIpc) is 2.47. The summed E-state index contributed by atoms with van der Waals surface area (Å²) in [6, 6.07) is 8.70. The zero-order valence-electron chi connectivity index (χ0n) is 12.1. The first kappa shape index (κ1) is 15.4. The van der Waals surface area contributed by atoms with Crippen LogP contribution < -0.4 is 5.32 Å². The van der Waals surface area contributed by atoms with Gasteiger partial charge in [-0.1, -0.05) is 47.3 Å². The number of rotatable bonds is 4. The van der Waals surface area contributed by atoms with E-state index < -0.39 is 0 Å². The first-order valence-corrected chi connectivity index (χ1v) is 8.21. The molecule has 20 heavy (non-hydrogen) atoms. The second-order valence-corrected chi connectivity index (χ2v) is 6.43. The van der Waals surface area contributed by atoms with E-state index in [-0.39, 0.29) is 6.03 Å². The van der Waals surface area contributed by atoms with Gasteiger partial charge >= 0.3 is 6.03 Å². The standard InChI is InChI=1S/C16H23BrN2O/c1-19(15-8-3-2-4-9-15)16(20)18-11-10-13-6-5-7-14(17)12-13/h5-7,12,15H,2-4,8-11H2,1H3,(H,18,20). The Morgan fingerprint density at radius 2 is 2.10 bits per heavy atom. The molecule has 2 rings (SSSR count). The van der Waals surface area contributed by atoms with Gasteiger partial charge in [0.25, 0.3) is 0 Å². The summed E-state index contributed by atoms with van der Waals surface area (Å²) < 4.78 is 1.08. The summed E-state index contributed by atoms with van der Waals surface area (Å²) in [5.74, 6) is 0. The van der Waals surface area contributed by atoms with Gasteiger partial charge in [-0.3, -0.25) is 0 Å². The predicted molar refractivity (Wildman–Crippen MR) is 85.9 cm³/mol. The molecular weight excluding hydrogens is 316 g/mol. The maximum atomic E-state index is 12.1. The van der Waals surface area contributed by atoms with Gasteiger partial charge in [-0.25, -0.2) is 4.79 Å². The van der Waals surface area contributed by atoms with Crippen LogP contribution in [-0.2, 0) is 6.42 Å². The van der Waals surface area contributed by atoms with Crippen LogP contribution in [0.5, 0.6) is 0 Å². The summed E-state index contributed by atoms with van der Waals surface area (Å²) in [4.78, 5) is 14.0. The summed E-state index contributed by atoms with van der Waals surface area (Å²) in [6.45, 7) is 0.687. The Morgan fingerprint density at radius 1 is 1.35 bits per heavy atom. The number of nitrogens with one attached hydrogen (secondary N) is 1. The fraction of sp³-hybridized carbons (Fsp3) is 0.562. The van der Waals surface area contributed by atoms with Gasteiger partial charge in [-0.15, -0.1) is 0 Å². The van der Waals surface area contributed by atoms with E-state index in [0.29, 0.717) is 12.6 Å². The molecule has 2 amide bonds. The highest BCUT2D eigenvalue weighted by Gasteiger charge is 2.21. The number of urea groups is 1. The van der Waals surface area contributed by atoms with E-state index in [1.165, 1.54) is 24.8 Å². The molecule has 1 saturated carbocycles. The second kappa shape index (κ2) is 7.67. The van der Waals surface area contributed by atoms with Crippen LogP contribution in [0.2, 0.25) is 0 Å². The molecule has 3 nitrogen and oxygen atoms in total. The number of hydrogen-bond donors (Lipinski definition) is 1. The van der Waals surface area contributed by atoms with Crippen molar-refractivity contribution in [2.75, 3.05) is 13.6 Å². The summed E-state index contributed by atoms with van der Waals surface area (Å²) in [5.41, 5.74) is 1.24. The highest BCUT2D eigenvalue weighted by Crippen LogP contribution is 2.21. The maximum absolute atomic E-state index is 12.1. The third-order valence-corrected chi connectivity index (χ3v) is 4.51. The molecule has 0 aliphatic heterocycles. The zero-order valence-corrected chi connectivity index (χ0v) is 13.7. The first-order chi connectivity index (χ1) is 9.66. The monoisotopic (exact) mass is 338 g/mol. The summed E-state index contributed by atoms with van der Waals surface area (Å²) in [6.07, 6.45) is 6.98. The van der Waals surface area contributed by atoms with Crippen LogP contribution in [0.25, 0.3) is 0 Å². The van der Waals surface area contributed by atoms with E-state index in [1.807, 2.05) is 24.1 Å². The molecule has 0 heterocycles. The van der Waals surface area contributed by atoms with Gasteiger partial charge in [0.1, 0.15) is 0 Å². The Morgan fingerprint density at radius 3 is 2.80 bits per heavy atom. The molecule has 1 aliphatic rings. The van der Waals surface area contributed by atoms with Crippen molar-refractivity contribution in [1.82, 2.24) is 10.2 Å². The molecule has 0 radical (unpaired) electrons. The van der Waals surface area contributed by atoms with Crippen molar-refractivity contribution < 1.29 is 4.79 Å². The molecule has 0 bridgehead atoms. The van der Waals surface area contributed by atoms with E-state index >= 15 is 0 Å². The van der Waals surface area contributed by atoms with Gasteiger partial charge in [0.15, 0.2) is 0 Å². The summed E-state index contributed by atoms with van der Waals surface area (Å²) in [5, 5.41) is 3.02. The van der Waals surface area contributed by atoms with Crippen molar-refractivity contribution in [3.05, 3.63) is 34.3 Å². The number of amides is 2. The average molecular weight is 339 g/mol. The number of carbonyl (C=O) groups is 1. The lowest BCUT2D eigenvalue weighted by Gasteiger charge is -2.31. The highest BCUT2D eigenvalue weighted by molar-refractivity contribution is 9.10. The van der Waals surface area contributed by atoms with Crippen LogP contribution in [0.1, 0.15) is 37.7 Å². The first-order valence-electron chi connectivity index (χ1n) is 7.42. The number of benzene rings is 1. The van der Waals surface area contributed by atoms with Crippen molar-refractivity contribution >= 4 is 22.0 Å². The van der Waals surface area contributed by atoms with Crippen molar-refractivity contribution in [3.8, 4) is 0 Å². The highest BCUT2D eigenvalue weighted by atomic mass is 79.9. The van der Waals surface area contributed by atoms with Crippen molar-refractivity contribution in [3.63, 3.8) is 0 Å². The second-order valence-electron chi connectivity index (χ2n) is 5.51. The SMILES string of the molecule is CN(C(=O)NCCc1cccc(Br)c1)C1CCCCC1. The van der Waals surface area contributed by atoms with Crippen molar-refractivity contribution in [2.24, 2.45) is 0 Å². The normalized spacial score (nSPS) is 15.9. The molecule has 4 heteroatoms. The molecule has 1 aliphatic carbocycles. The zero-order chi connectivity index (χ0) is 14.4. The molecule has 0 unspecified atom stereocenters. The molecule has 0 saturated heterocycles. The molecule has 0 spiro atoms. The van der Waals surface area contributed by atoms with Gasteiger partial charge in [0, 0.05) is 24.1 Å². The van der Waals surface area contributed by atoms with Crippen molar-refractivity contribution in [1.29, 1.82) is 0 Å². The largest absolute Gasteiger partial charge is 0.338 e. The number of hydrogen-bond acceptors (Lipinski definition) is 1. The van der Waals surface area contributed by atoms with E-state index in [1.54, 1.807) is 0 Å². The summed E-state index contributed by atoms with van der Waals surface area (Å²) >= 11 is 3.46. The quantitative estimate of drug-likeness (QED) is 0.885. The van der Waals surface area contributed by atoms with Crippen LogP contribution in [0.3, 0.4) is 0 Å². The minimum atomic E-state index is 0.0619. The minimum Gasteiger partial charge on any atom is -0.338 e. The molecule has 1 N–H and O–H groups in total. The van der Waals surface area contributed by atoms with Crippen LogP contribution in [0.4, 0.5) is 4.79 Å². The Hall–Kier alpha value is -1.03. The Labute approximate surface area is 129 Å². The lowest BCUT2D eigenvalue weighted by atomic mass is 9.95. The fourth-order valence-electron chi connectivity index (χ4n) is 2.77. The van der Waals surface area contributed by atoms with Crippen LogP contribution in [0, 0.1) is 0 Å². The lowest BCUT2D eigenvalue weighted by molar-refractivity contribution is 0.174. The minimum absolute atomic E-state index is 0.0619. The van der Waals surface area contributed by atoms with E-state index in [9.17, 15) is 4.79 Å². The Balaban J connectivity index is 1.74. The smallest absolute Gasteiger partial charge is 0.317 e. The van der Waals surface area contributed by atoms with Gasteiger partial charge in [0.2, 0.25) is 0 Å². The molecule has 1 aromatic carbocycles. The maximum Gasteiger partial charge on any atom is 0.317 e. The van der Waals surface area contributed by atoms with Gasteiger partial charge < -0.3 is 10.2 Å². The summed E-state index contributed by atoms with van der Waals surface area (Å²) in [7, 11) is 1.92. The molecule has 1 aromatic rings. The van der Waals surface area contributed by atoms with Crippen LogP contribution >= 0.6 is 15.9 Å². The van der Waals surface area contributed by atoms with E-state index in [2.05, 4.69) is 33.4 Å². The molecule has 1 fully saturated rings. The molecule has 110 valence electrons. The topological polar surface area (TPSA) is 32.3 Å². The number of halogens is 1. The van der Waals surface area contributed by atoms with Gasteiger partial charge in [-0.2, -0.15) is 0 Å². The van der Waals surface area contributed by atoms with E-state index in [0.717, 1.165) is 23.7 Å². The number of carbonyl (C=O) groups excluding carboxylic acids is 1. The third kappa shape index (κ3) is 4.51. The predicted octanol–water partition coefficient (Wildman–Crippen LogP) is 3.97. The van der Waals surface area contributed by atoms with Crippen LogP contribution in [-0.4, -0.2) is 30.6 Å². The molecular formula is C16H23BrN2O. The third-order valence-electron chi connectivity index (χ3n) is 4.02. The van der Waals surface area contributed by atoms with Crippen molar-refractivity contribution in [2.45, 2.75) is 44.6 Å². The Bertz CT molecular complexity index is 444. The van der Waals surface area contributed by atoms with Gasteiger partial charge in [-0.05, 0) is 37.0 Å². The fourth-order valence-corrected chi connectivity index (χ4v) is 3.21. The number of nitrogens with zero attached hydrogens (tertiary/aromatic N) is 1. The Kier molecular flexibility index (Phi) is 5.89.